The molecule has 2 unspecified atom stereocenters. The fourth-order valence-corrected chi connectivity index (χ4v) is 2.59. The van der Waals surface area contributed by atoms with Crippen molar-refractivity contribution < 1.29 is 22.0 Å². The van der Waals surface area contributed by atoms with Crippen molar-refractivity contribution in [2.45, 2.75) is 24.3 Å². The number of carbonyl (C=O) groups is 1. The van der Waals surface area contributed by atoms with Gasteiger partial charge in [0.2, 0.25) is 0 Å². The summed E-state index contributed by atoms with van der Waals surface area (Å²) in [6.45, 7) is 1.89. The Morgan fingerprint density at radius 1 is 1.42 bits per heavy atom. The highest BCUT2D eigenvalue weighted by atomic mass is 35.7. The van der Waals surface area contributed by atoms with Gasteiger partial charge in [0.1, 0.15) is 10.7 Å². The lowest BCUT2D eigenvalue weighted by Gasteiger charge is -2.07. The van der Waals surface area contributed by atoms with Crippen LogP contribution in [0.2, 0.25) is 0 Å². The summed E-state index contributed by atoms with van der Waals surface area (Å²) < 4.78 is 49.3. The molecule has 2 atom stereocenters. The number of rotatable bonds is 3. The zero-order chi connectivity index (χ0) is 14.4. The zero-order valence-electron chi connectivity index (χ0n) is 9.78. The minimum Gasteiger partial charge on any atom is -0.349 e. The predicted octanol–water partition coefficient (Wildman–Crippen LogP) is 2.03. The molecule has 1 aromatic rings. The molecule has 0 aromatic heterocycles. The van der Waals surface area contributed by atoms with E-state index in [1.165, 1.54) is 0 Å². The van der Waals surface area contributed by atoms with Crippen molar-refractivity contribution in [3.05, 3.63) is 29.3 Å². The Kier molecular flexibility index (Phi) is 3.53. The van der Waals surface area contributed by atoms with Crippen molar-refractivity contribution in [1.82, 2.24) is 5.32 Å². The van der Waals surface area contributed by atoms with Crippen LogP contribution in [0, 0.1) is 17.6 Å². The third-order valence-corrected chi connectivity index (χ3v) is 4.26. The molecule has 4 nitrogen and oxygen atoms in total. The minimum atomic E-state index is -4.46. The number of nitrogens with one attached hydrogen (secondary N) is 1. The summed E-state index contributed by atoms with van der Waals surface area (Å²) in [7, 11) is 0.529. The molecule has 0 radical (unpaired) electrons. The highest BCUT2D eigenvalue weighted by Crippen LogP contribution is 2.30. The fraction of sp³-hybridized carbons (Fsp3) is 0.364. The van der Waals surface area contributed by atoms with E-state index in [0.717, 1.165) is 6.42 Å². The number of carbonyl (C=O) groups excluding carboxylic acids is 1. The first-order valence-electron chi connectivity index (χ1n) is 5.44. The first-order chi connectivity index (χ1) is 8.70. The largest absolute Gasteiger partial charge is 0.349 e. The average molecular weight is 310 g/mol. The number of benzene rings is 1. The molecule has 1 saturated carbocycles. The first kappa shape index (κ1) is 14.2. The Hall–Kier alpha value is -1.21. The molecule has 0 spiro atoms. The van der Waals surface area contributed by atoms with Crippen LogP contribution < -0.4 is 5.32 Å². The number of amides is 1. The van der Waals surface area contributed by atoms with Crippen molar-refractivity contribution >= 4 is 25.6 Å². The van der Waals surface area contributed by atoms with Gasteiger partial charge in [-0.15, -0.1) is 0 Å². The second-order valence-electron chi connectivity index (χ2n) is 4.50. The van der Waals surface area contributed by atoms with Crippen molar-refractivity contribution in [1.29, 1.82) is 0 Å². The highest BCUT2D eigenvalue weighted by Gasteiger charge is 2.35. The van der Waals surface area contributed by atoms with Crippen molar-refractivity contribution in [2.75, 3.05) is 0 Å². The van der Waals surface area contributed by atoms with Crippen molar-refractivity contribution in [2.24, 2.45) is 5.92 Å². The zero-order valence-corrected chi connectivity index (χ0v) is 11.4. The maximum absolute atomic E-state index is 13.9. The van der Waals surface area contributed by atoms with Crippen molar-refractivity contribution in [3.63, 3.8) is 0 Å². The monoisotopic (exact) mass is 309 g/mol. The van der Waals surface area contributed by atoms with Crippen LogP contribution in [0.5, 0.6) is 0 Å². The molecule has 104 valence electrons. The molecule has 1 aliphatic carbocycles. The summed E-state index contributed by atoms with van der Waals surface area (Å²) in [5.74, 6) is -2.97. The molecule has 19 heavy (non-hydrogen) atoms. The van der Waals surface area contributed by atoms with Gasteiger partial charge in [0.15, 0.2) is 5.82 Å². The third-order valence-electron chi connectivity index (χ3n) is 2.94. The van der Waals surface area contributed by atoms with E-state index in [1.54, 1.807) is 0 Å². The van der Waals surface area contributed by atoms with E-state index in [2.05, 4.69) is 5.32 Å². The number of halogens is 3. The van der Waals surface area contributed by atoms with E-state index >= 15 is 0 Å². The molecule has 0 aliphatic heterocycles. The lowest BCUT2D eigenvalue weighted by molar-refractivity contribution is 0.0944. The Balaban J connectivity index is 2.40. The average Bonchev–Trinajstić information content (AvgIpc) is 2.95. The van der Waals surface area contributed by atoms with Gasteiger partial charge in [0.05, 0.1) is 5.56 Å². The molecular weight excluding hydrogens is 300 g/mol. The van der Waals surface area contributed by atoms with Gasteiger partial charge in [-0.25, -0.2) is 17.2 Å². The van der Waals surface area contributed by atoms with Gasteiger partial charge in [-0.05, 0) is 24.5 Å². The van der Waals surface area contributed by atoms with Crippen LogP contribution in [0.4, 0.5) is 8.78 Å². The maximum Gasteiger partial charge on any atom is 0.264 e. The minimum absolute atomic E-state index is 0.0915. The molecular formula is C11H10ClF2NO3S. The van der Waals surface area contributed by atoms with Crippen molar-refractivity contribution in [3.8, 4) is 0 Å². The Bertz CT molecular complexity index is 648. The normalized spacial score (nSPS) is 22.1. The smallest absolute Gasteiger partial charge is 0.264 e. The Labute approximate surface area is 113 Å². The second kappa shape index (κ2) is 4.72. The molecule has 8 heteroatoms. The second-order valence-corrected chi connectivity index (χ2v) is 7.03. The number of hydrogen-bond donors (Lipinski definition) is 1. The standard InChI is InChI=1S/C11H10ClF2NO3S/c1-5-2-8(5)15-11(16)7-3-6(13)4-9(10(7)14)19(12,17)18/h3-5,8H,2H2,1H3,(H,15,16). The van der Waals surface area contributed by atoms with E-state index < -0.39 is 37.1 Å². The van der Waals surface area contributed by atoms with Gasteiger partial charge in [0.25, 0.3) is 15.0 Å². The molecule has 0 saturated heterocycles. The van der Waals surface area contributed by atoms with E-state index in [9.17, 15) is 22.0 Å². The highest BCUT2D eigenvalue weighted by molar-refractivity contribution is 8.13. The molecule has 1 N–H and O–H groups in total. The quantitative estimate of drug-likeness (QED) is 0.869. The SMILES string of the molecule is CC1CC1NC(=O)c1cc(F)cc(S(=O)(=O)Cl)c1F. The van der Waals surface area contributed by atoms with E-state index in [-0.39, 0.29) is 12.0 Å². The van der Waals surface area contributed by atoms with E-state index in [1.807, 2.05) is 6.92 Å². The van der Waals surface area contributed by atoms with E-state index in [4.69, 9.17) is 10.7 Å². The molecule has 2 rings (SSSR count). The Morgan fingerprint density at radius 3 is 2.47 bits per heavy atom. The van der Waals surface area contributed by atoms with Crippen LogP contribution >= 0.6 is 10.7 Å². The maximum atomic E-state index is 13.9. The lowest BCUT2D eigenvalue weighted by atomic mass is 10.2. The van der Waals surface area contributed by atoms with Gasteiger partial charge in [-0.1, -0.05) is 6.92 Å². The molecule has 0 heterocycles. The summed E-state index contributed by atoms with van der Waals surface area (Å²) in [5, 5.41) is 2.48. The molecule has 1 fully saturated rings. The summed E-state index contributed by atoms with van der Waals surface area (Å²) in [5.41, 5.74) is -0.668. The van der Waals surface area contributed by atoms with Crippen LogP contribution in [0.1, 0.15) is 23.7 Å². The lowest BCUT2D eigenvalue weighted by Crippen LogP contribution is -2.28. The third kappa shape index (κ3) is 3.03. The van der Waals surface area contributed by atoms with Gasteiger partial charge in [0, 0.05) is 16.7 Å². The summed E-state index contributed by atoms with van der Waals surface area (Å²) >= 11 is 0. The summed E-state index contributed by atoms with van der Waals surface area (Å²) in [6, 6.07) is 0.989. The fourth-order valence-electron chi connectivity index (χ4n) is 1.68. The van der Waals surface area contributed by atoms with Gasteiger partial charge in [-0.2, -0.15) is 0 Å². The number of hydrogen-bond acceptors (Lipinski definition) is 3. The van der Waals surface area contributed by atoms with Crippen LogP contribution in [0.15, 0.2) is 17.0 Å². The Morgan fingerprint density at radius 2 is 2.00 bits per heavy atom. The predicted molar refractivity (Wildman–Crippen MR) is 64.4 cm³/mol. The molecule has 0 bridgehead atoms. The van der Waals surface area contributed by atoms with Crippen LogP contribution in [0.25, 0.3) is 0 Å². The first-order valence-corrected chi connectivity index (χ1v) is 7.75. The summed E-state index contributed by atoms with van der Waals surface area (Å²) in [6.07, 6.45) is 0.753. The van der Waals surface area contributed by atoms with Crippen LogP contribution in [-0.4, -0.2) is 20.4 Å². The summed E-state index contributed by atoms with van der Waals surface area (Å²) in [4.78, 5) is 10.7. The molecule has 1 aromatic carbocycles. The van der Waals surface area contributed by atoms with Gasteiger partial charge < -0.3 is 5.32 Å². The molecule has 1 amide bonds. The molecule has 1 aliphatic rings. The van der Waals surface area contributed by atoms with Crippen LogP contribution in [-0.2, 0) is 9.05 Å². The van der Waals surface area contributed by atoms with E-state index in [0.29, 0.717) is 12.1 Å². The topological polar surface area (TPSA) is 63.2 Å². The van der Waals surface area contributed by atoms with Gasteiger partial charge >= 0.3 is 0 Å². The van der Waals surface area contributed by atoms with Gasteiger partial charge in [-0.3, -0.25) is 4.79 Å². The van der Waals surface area contributed by atoms with Crippen LogP contribution in [0.3, 0.4) is 0 Å².